The van der Waals surface area contributed by atoms with Gasteiger partial charge in [-0.1, -0.05) is 28.9 Å². The summed E-state index contributed by atoms with van der Waals surface area (Å²) in [6.07, 6.45) is 0.131. The number of nitrogens with zero attached hydrogens (tertiary/aromatic N) is 3. The average molecular weight is 355 g/mol. The fourth-order valence-corrected chi connectivity index (χ4v) is 3.11. The molecule has 0 bridgehead atoms. The first-order chi connectivity index (χ1) is 12.5. The Morgan fingerprint density at radius 1 is 1.19 bits per heavy atom. The fourth-order valence-electron chi connectivity index (χ4n) is 3.11. The number of amides is 1. The summed E-state index contributed by atoms with van der Waals surface area (Å²) in [5, 5.41) is 3.98. The maximum absolute atomic E-state index is 14.0. The smallest absolute Gasteiger partial charge is 0.232 e. The quantitative estimate of drug-likeness (QED) is 0.716. The molecule has 0 radical (unpaired) electrons. The van der Waals surface area contributed by atoms with Crippen LogP contribution in [0.4, 0.5) is 14.5 Å². The van der Waals surface area contributed by atoms with Gasteiger partial charge in [0.15, 0.2) is 0 Å². The Balaban J connectivity index is 1.58. The molecular formula is C19H15F2N3O2. The molecule has 0 N–H and O–H groups in total. The van der Waals surface area contributed by atoms with Crippen molar-refractivity contribution in [2.24, 2.45) is 0 Å². The van der Waals surface area contributed by atoms with E-state index in [1.807, 2.05) is 31.2 Å². The summed E-state index contributed by atoms with van der Waals surface area (Å²) in [6.45, 7) is 2.17. The number of halogens is 2. The molecule has 1 amide bonds. The van der Waals surface area contributed by atoms with Gasteiger partial charge in [0.1, 0.15) is 11.6 Å². The maximum atomic E-state index is 14.0. The second-order valence-electron chi connectivity index (χ2n) is 6.33. The molecule has 1 atom stereocenters. The number of anilines is 1. The first kappa shape index (κ1) is 16.4. The first-order valence-electron chi connectivity index (χ1n) is 8.17. The van der Waals surface area contributed by atoms with E-state index in [4.69, 9.17) is 4.52 Å². The van der Waals surface area contributed by atoms with E-state index >= 15 is 0 Å². The van der Waals surface area contributed by atoms with Crippen LogP contribution in [0.15, 0.2) is 47.0 Å². The van der Waals surface area contributed by atoms with Crippen LogP contribution in [0, 0.1) is 18.6 Å². The summed E-state index contributed by atoms with van der Waals surface area (Å²) in [4.78, 5) is 18.0. The molecule has 7 heteroatoms. The van der Waals surface area contributed by atoms with Crippen molar-refractivity contribution in [3.8, 4) is 11.4 Å². The molecule has 1 saturated heterocycles. The van der Waals surface area contributed by atoms with Crippen LogP contribution >= 0.6 is 0 Å². The van der Waals surface area contributed by atoms with Crippen LogP contribution in [-0.4, -0.2) is 22.6 Å². The molecule has 4 rings (SSSR count). The van der Waals surface area contributed by atoms with Crippen molar-refractivity contribution in [1.82, 2.24) is 10.1 Å². The van der Waals surface area contributed by atoms with E-state index in [1.54, 1.807) is 0 Å². The SMILES string of the molecule is Cc1cccc(-c2noc(C3CC(=O)N(c4ccc(F)cc4F)C3)n2)c1. The second kappa shape index (κ2) is 6.33. The van der Waals surface area contributed by atoms with Crippen molar-refractivity contribution in [1.29, 1.82) is 0 Å². The van der Waals surface area contributed by atoms with E-state index in [0.29, 0.717) is 11.7 Å². The average Bonchev–Trinajstić information content (AvgIpc) is 3.22. The Morgan fingerprint density at radius 3 is 2.81 bits per heavy atom. The minimum atomic E-state index is -0.773. The Kier molecular flexibility index (Phi) is 3.99. The summed E-state index contributed by atoms with van der Waals surface area (Å²) in [7, 11) is 0. The van der Waals surface area contributed by atoms with Gasteiger partial charge >= 0.3 is 0 Å². The Hall–Kier alpha value is -3.09. The molecule has 26 heavy (non-hydrogen) atoms. The van der Waals surface area contributed by atoms with Gasteiger partial charge in [-0.05, 0) is 25.1 Å². The van der Waals surface area contributed by atoms with E-state index in [0.717, 1.165) is 23.3 Å². The first-order valence-corrected chi connectivity index (χ1v) is 8.17. The molecule has 0 spiro atoms. The third kappa shape index (κ3) is 2.96. The van der Waals surface area contributed by atoms with Crippen molar-refractivity contribution < 1.29 is 18.1 Å². The standard InChI is InChI=1S/C19H15F2N3O2/c1-11-3-2-4-12(7-11)18-22-19(26-23-18)13-8-17(25)24(10-13)16-6-5-14(20)9-15(16)21/h2-7,9,13H,8,10H2,1H3. The molecule has 1 aromatic heterocycles. The highest BCUT2D eigenvalue weighted by atomic mass is 19.1. The zero-order valence-electron chi connectivity index (χ0n) is 13.9. The molecule has 0 aliphatic carbocycles. The Labute approximate surface area is 148 Å². The minimum Gasteiger partial charge on any atom is -0.339 e. The van der Waals surface area contributed by atoms with E-state index in [2.05, 4.69) is 10.1 Å². The van der Waals surface area contributed by atoms with Crippen molar-refractivity contribution in [2.45, 2.75) is 19.3 Å². The van der Waals surface area contributed by atoms with Crippen LogP contribution in [0.1, 0.15) is 23.8 Å². The van der Waals surface area contributed by atoms with Gasteiger partial charge in [0.25, 0.3) is 0 Å². The predicted octanol–water partition coefficient (Wildman–Crippen LogP) is 3.84. The highest BCUT2D eigenvalue weighted by Gasteiger charge is 2.36. The van der Waals surface area contributed by atoms with Gasteiger partial charge in [-0.2, -0.15) is 4.98 Å². The van der Waals surface area contributed by atoms with Crippen LogP contribution in [0.5, 0.6) is 0 Å². The molecule has 2 aromatic carbocycles. The van der Waals surface area contributed by atoms with Gasteiger partial charge in [-0.3, -0.25) is 4.79 Å². The number of benzene rings is 2. The van der Waals surface area contributed by atoms with E-state index in [9.17, 15) is 13.6 Å². The predicted molar refractivity (Wildman–Crippen MR) is 90.5 cm³/mol. The molecule has 1 aliphatic heterocycles. The number of aryl methyl sites for hydroxylation is 1. The van der Waals surface area contributed by atoms with Crippen molar-refractivity contribution in [3.63, 3.8) is 0 Å². The Morgan fingerprint density at radius 2 is 2.04 bits per heavy atom. The highest BCUT2D eigenvalue weighted by Crippen LogP contribution is 2.33. The molecule has 5 nitrogen and oxygen atoms in total. The third-order valence-electron chi connectivity index (χ3n) is 4.39. The number of aromatic nitrogens is 2. The lowest BCUT2D eigenvalue weighted by molar-refractivity contribution is -0.117. The number of carbonyl (C=O) groups is 1. The highest BCUT2D eigenvalue weighted by molar-refractivity contribution is 5.96. The van der Waals surface area contributed by atoms with Gasteiger partial charge < -0.3 is 9.42 Å². The van der Waals surface area contributed by atoms with Gasteiger partial charge in [-0.25, -0.2) is 8.78 Å². The minimum absolute atomic E-state index is 0.0531. The van der Waals surface area contributed by atoms with Crippen molar-refractivity contribution in [2.75, 3.05) is 11.4 Å². The Bertz CT molecular complexity index is 986. The van der Waals surface area contributed by atoms with Crippen LogP contribution in [0.25, 0.3) is 11.4 Å². The van der Waals surface area contributed by atoms with Crippen LogP contribution < -0.4 is 4.90 Å². The lowest BCUT2D eigenvalue weighted by Crippen LogP contribution is -2.25. The zero-order chi connectivity index (χ0) is 18.3. The second-order valence-corrected chi connectivity index (χ2v) is 6.33. The normalized spacial score (nSPS) is 17.1. The number of rotatable bonds is 3. The molecule has 0 saturated carbocycles. The molecule has 132 valence electrons. The third-order valence-corrected chi connectivity index (χ3v) is 4.39. The molecule has 1 aliphatic rings. The molecule has 3 aromatic rings. The van der Waals surface area contributed by atoms with E-state index < -0.39 is 11.6 Å². The molecule has 2 heterocycles. The molecule has 1 fully saturated rings. The lowest BCUT2D eigenvalue weighted by Gasteiger charge is -2.16. The zero-order valence-corrected chi connectivity index (χ0v) is 13.9. The van der Waals surface area contributed by atoms with E-state index in [-0.39, 0.29) is 30.5 Å². The van der Waals surface area contributed by atoms with Gasteiger partial charge in [-0.15, -0.1) is 0 Å². The fraction of sp³-hybridized carbons (Fsp3) is 0.211. The molecule has 1 unspecified atom stereocenters. The summed E-state index contributed by atoms with van der Waals surface area (Å²) in [5.41, 5.74) is 1.95. The van der Waals surface area contributed by atoms with Gasteiger partial charge in [0.05, 0.1) is 11.6 Å². The van der Waals surface area contributed by atoms with Gasteiger partial charge in [0, 0.05) is 24.6 Å². The number of carbonyl (C=O) groups excluding carboxylic acids is 1. The summed E-state index contributed by atoms with van der Waals surface area (Å²) < 4.78 is 32.4. The maximum Gasteiger partial charge on any atom is 0.232 e. The van der Waals surface area contributed by atoms with Crippen molar-refractivity contribution >= 4 is 11.6 Å². The van der Waals surface area contributed by atoms with Crippen LogP contribution in [-0.2, 0) is 4.79 Å². The monoisotopic (exact) mass is 355 g/mol. The largest absolute Gasteiger partial charge is 0.339 e. The number of hydrogen-bond acceptors (Lipinski definition) is 4. The van der Waals surface area contributed by atoms with Crippen LogP contribution in [0.2, 0.25) is 0 Å². The summed E-state index contributed by atoms with van der Waals surface area (Å²) in [6, 6.07) is 10.8. The summed E-state index contributed by atoms with van der Waals surface area (Å²) in [5.74, 6) is -1.28. The molecular weight excluding hydrogens is 340 g/mol. The van der Waals surface area contributed by atoms with Gasteiger partial charge in [0.2, 0.25) is 17.6 Å². The topological polar surface area (TPSA) is 59.2 Å². The number of hydrogen-bond donors (Lipinski definition) is 0. The van der Waals surface area contributed by atoms with E-state index in [1.165, 1.54) is 11.0 Å². The lowest BCUT2D eigenvalue weighted by atomic mass is 10.1. The van der Waals surface area contributed by atoms with Crippen LogP contribution in [0.3, 0.4) is 0 Å². The summed E-state index contributed by atoms with van der Waals surface area (Å²) >= 11 is 0. The van der Waals surface area contributed by atoms with Crippen molar-refractivity contribution in [3.05, 3.63) is 65.6 Å².